The Hall–Kier alpha value is -1.75. The zero-order valence-corrected chi connectivity index (χ0v) is 12.8. The van der Waals surface area contributed by atoms with Crippen LogP contribution in [0.1, 0.15) is 36.0 Å². The lowest BCUT2D eigenvalue weighted by Crippen LogP contribution is -2.37. The van der Waals surface area contributed by atoms with E-state index in [0.717, 1.165) is 13.0 Å². The molecule has 0 aromatic heterocycles. The van der Waals surface area contributed by atoms with Gasteiger partial charge in [-0.25, -0.2) is 0 Å². The van der Waals surface area contributed by atoms with Crippen molar-refractivity contribution in [3.63, 3.8) is 0 Å². The van der Waals surface area contributed by atoms with Crippen LogP contribution in [0.15, 0.2) is 18.2 Å². The largest absolute Gasteiger partial charge is 0.497 e. The van der Waals surface area contributed by atoms with Gasteiger partial charge in [0.2, 0.25) is 0 Å². The van der Waals surface area contributed by atoms with Crippen molar-refractivity contribution in [2.75, 3.05) is 27.3 Å². The zero-order valence-electron chi connectivity index (χ0n) is 12.8. The summed E-state index contributed by atoms with van der Waals surface area (Å²) in [5, 5.41) is 6.44. The van der Waals surface area contributed by atoms with E-state index < -0.39 is 0 Å². The molecule has 1 saturated heterocycles. The first-order valence-electron chi connectivity index (χ1n) is 7.48. The molecule has 0 bridgehead atoms. The molecule has 2 N–H and O–H groups in total. The molecule has 1 aliphatic rings. The second-order valence-corrected chi connectivity index (χ2v) is 5.26. The predicted molar refractivity (Wildman–Crippen MR) is 82.1 cm³/mol. The average molecular weight is 292 g/mol. The van der Waals surface area contributed by atoms with Crippen LogP contribution in [0.25, 0.3) is 0 Å². The van der Waals surface area contributed by atoms with Crippen molar-refractivity contribution in [2.45, 2.75) is 31.7 Å². The van der Waals surface area contributed by atoms with E-state index in [1.807, 2.05) is 0 Å². The van der Waals surface area contributed by atoms with Gasteiger partial charge >= 0.3 is 0 Å². The molecule has 2 rings (SSSR count). The minimum atomic E-state index is -0.124. The van der Waals surface area contributed by atoms with E-state index in [1.165, 1.54) is 19.3 Å². The van der Waals surface area contributed by atoms with Crippen LogP contribution >= 0.6 is 0 Å². The van der Waals surface area contributed by atoms with Crippen LogP contribution in [0, 0.1) is 0 Å². The highest BCUT2D eigenvalue weighted by Gasteiger charge is 2.15. The summed E-state index contributed by atoms with van der Waals surface area (Å²) < 4.78 is 10.4. The van der Waals surface area contributed by atoms with Crippen molar-refractivity contribution in [1.29, 1.82) is 0 Å². The van der Waals surface area contributed by atoms with Crippen molar-refractivity contribution in [3.05, 3.63) is 23.8 Å². The summed E-state index contributed by atoms with van der Waals surface area (Å²) >= 11 is 0. The molecular weight excluding hydrogens is 268 g/mol. The van der Waals surface area contributed by atoms with Crippen molar-refractivity contribution in [2.24, 2.45) is 0 Å². The standard InChI is InChI=1S/C16H24N2O3/c1-20-13-6-7-15(21-2)14(11-13)16(19)18-10-8-12-5-3-4-9-17-12/h6-7,11-12,17H,3-5,8-10H2,1-2H3,(H,18,19). The third-order valence-electron chi connectivity index (χ3n) is 3.84. The van der Waals surface area contributed by atoms with Crippen molar-refractivity contribution < 1.29 is 14.3 Å². The number of methoxy groups -OCH3 is 2. The first-order chi connectivity index (χ1) is 10.2. The lowest BCUT2D eigenvalue weighted by atomic mass is 10.0. The molecule has 1 atom stereocenters. The summed E-state index contributed by atoms with van der Waals surface area (Å²) in [4.78, 5) is 12.3. The summed E-state index contributed by atoms with van der Waals surface area (Å²) in [7, 11) is 3.14. The maximum atomic E-state index is 12.3. The fourth-order valence-corrected chi connectivity index (χ4v) is 2.62. The smallest absolute Gasteiger partial charge is 0.255 e. The van der Waals surface area contributed by atoms with Gasteiger partial charge in [-0.05, 0) is 44.0 Å². The Morgan fingerprint density at radius 3 is 2.86 bits per heavy atom. The molecule has 1 amide bonds. The molecular formula is C16H24N2O3. The Balaban J connectivity index is 1.89. The number of hydrogen-bond acceptors (Lipinski definition) is 4. The van der Waals surface area contributed by atoms with Gasteiger partial charge in [0.15, 0.2) is 0 Å². The highest BCUT2D eigenvalue weighted by molar-refractivity contribution is 5.97. The predicted octanol–water partition coefficient (Wildman–Crippen LogP) is 1.97. The molecule has 1 aliphatic heterocycles. The lowest BCUT2D eigenvalue weighted by Gasteiger charge is -2.23. The molecule has 1 heterocycles. The third-order valence-corrected chi connectivity index (χ3v) is 3.84. The van der Waals surface area contributed by atoms with Crippen LogP contribution in [0.4, 0.5) is 0 Å². The van der Waals surface area contributed by atoms with Crippen LogP contribution in [-0.4, -0.2) is 39.3 Å². The Morgan fingerprint density at radius 2 is 2.19 bits per heavy atom. The zero-order chi connectivity index (χ0) is 15.1. The second-order valence-electron chi connectivity index (χ2n) is 5.26. The topological polar surface area (TPSA) is 59.6 Å². The van der Waals surface area contributed by atoms with Crippen LogP contribution < -0.4 is 20.1 Å². The monoisotopic (exact) mass is 292 g/mol. The highest BCUT2D eigenvalue weighted by atomic mass is 16.5. The molecule has 1 unspecified atom stereocenters. The second kappa shape index (κ2) is 7.88. The number of benzene rings is 1. The molecule has 0 spiro atoms. The number of carbonyl (C=O) groups excluding carboxylic acids is 1. The van der Waals surface area contributed by atoms with E-state index in [0.29, 0.717) is 29.6 Å². The van der Waals surface area contributed by atoms with Crippen molar-refractivity contribution >= 4 is 5.91 Å². The van der Waals surface area contributed by atoms with Crippen molar-refractivity contribution in [3.8, 4) is 11.5 Å². The van der Waals surface area contributed by atoms with Crippen molar-refractivity contribution in [1.82, 2.24) is 10.6 Å². The molecule has 1 aromatic rings. The van der Waals surface area contributed by atoms with Crippen LogP contribution in [0.3, 0.4) is 0 Å². The first kappa shape index (κ1) is 15.6. The lowest BCUT2D eigenvalue weighted by molar-refractivity contribution is 0.0948. The van der Waals surface area contributed by atoms with Crippen LogP contribution in [0.2, 0.25) is 0 Å². The number of amides is 1. The van der Waals surface area contributed by atoms with Gasteiger partial charge in [-0.15, -0.1) is 0 Å². The maximum Gasteiger partial charge on any atom is 0.255 e. The van der Waals surface area contributed by atoms with Gasteiger partial charge in [-0.1, -0.05) is 6.42 Å². The van der Waals surface area contributed by atoms with E-state index in [-0.39, 0.29) is 5.91 Å². The average Bonchev–Trinajstić information content (AvgIpc) is 2.55. The molecule has 0 radical (unpaired) electrons. The number of ether oxygens (including phenoxy) is 2. The Bertz CT molecular complexity index is 471. The number of rotatable bonds is 6. The normalized spacial score (nSPS) is 18.1. The van der Waals surface area contributed by atoms with E-state index >= 15 is 0 Å². The number of piperidine rings is 1. The number of hydrogen-bond donors (Lipinski definition) is 2. The molecule has 1 fully saturated rings. The quantitative estimate of drug-likeness (QED) is 0.841. The van der Waals surface area contributed by atoms with E-state index in [1.54, 1.807) is 32.4 Å². The number of nitrogens with one attached hydrogen (secondary N) is 2. The van der Waals surface area contributed by atoms with Crippen LogP contribution in [0.5, 0.6) is 11.5 Å². The van der Waals surface area contributed by atoms with Gasteiger partial charge in [0.1, 0.15) is 11.5 Å². The molecule has 21 heavy (non-hydrogen) atoms. The summed E-state index contributed by atoms with van der Waals surface area (Å²) in [6, 6.07) is 5.75. The van der Waals surface area contributed by atoms with Gasteiger partial charge in [-0.2, -0.15) is 0 Å². The Labute approximate surface area is 126 Å². The minimum absolute atomic E-state index is 0.124. The molecule has 5 nitrogen and oxygen atoms in total. The molecule has 116 valence electrons. The summed E-state index contributed by atoms with van der Waals surface area (Å²) in [5.41, 5.74) is 0.508. The van der Waals surface area contributed by atoms with Gasteiger partial charge in [0.25, 0.3) is 5.91 Å². The Kier molecular flexibility index (Phi) is 5.87. The number of carbonyl (C=O) groups is 1. The van der Waals surface area contributed by atoms with E-state index in [4.69, 9.17) is 9.47 Å². The van der Waals surface area contributed by atoms with Gasteiger partial charge in [-0.3, -0.25) is 4.79 Å². The minimum Gasteiger partial charge on any atom is -0.497 e. The van der Waals surface area contributed by atoms with Gasteiger partial charge in [0, 0.05) is 12.6 Å². The Morgan fingerprint density at radius 1 is 1.33 bits per heavy atom. The van der Waals surface area contributed by atoms with E-state index in [2.05, 4.69) is 10.6 Å². The molecule has 5 heteroatoms. The highest BCUT2D eigenvalue weighted by Crippen LogP contribution is 2.23. The summed E-state index contributed by atoms with van der Waals surface area (Å²) in [5.74, 6) is 1.08. The summed E-state index contributed by atoms with van der Waals surface area (Å²) in [6.07, 6.45) is 4.68. The third kappa shape index (κ3) is 4.36. The fourth-order valence-electron chi connectivity index (χ4n) is 2.62. The fraction of sp³-hybridized carbons (Fsp3) is 0.562. The first-order valence-corrected chi connectivity index (χ1v) is 7.48. The maximum absolute atomic E-state index is 12.3. The van der Waals surface area contributed by atoms with E-state index in [9.17, 15) is 4.79 Å². The molecule has 1 aromatic carbocycles. The van der Waals surface area contributed by atoms with Gasteiger partial charge in [0.05, 0.1) is 19.8 Å². The molecule has 0 aliphatic carbocycles. The SMILES string of the molecule is COc1ccc(OC)c(C(=O)NCCC2CCCCN2)c1. The van der Waals surface area contributed by atoms with Crippen LogP contribution in [-0.2, 0) is 0 Å². The summed E-state index contributed by atoms with van der Waals surface area (Å²) in [6.45, 7) is 1.75. The van der Waals surface area contributed by atoms with Gasteiger partial charge < -0.3 is 20.1 Å². The molecule has 0 saturated carbocycles.